The first kappa shape index (κ1) is 20.4. The van der Waals surface area contributed by atoms with Gasteiger partial charge in [0, 0.05) is 10.4 Å². The van der Waals surface area contributed by atoms with Crippen molar-refractivity contribution < 1.29 is 19.1 Å². The van der Waals surface area contributed by atoms with Gasteiger partial charge in [-0.15, -0.1) is 11.3 Å². The summed E-state index contributed by atoms with van der Waals surface area (Å²) in [5, 5.41) is 0.351. The van der Waals surface area contributed by atoms with E-state index in [1.54, 1.807) is 0 Å². The second-order valence-corrected chi connectivity index (χ2v) is 11.0. The van der Waals surface area contributed by atoms with Crippen LogP contribution in [0.5, 0.6) is 0 Å². The third-order valence-corrected chi connectivity index (χ3v) is 7.93. The number of aryl methyl sites for hydroxylation is 1. The zero-order valence-corrected chi connectivity index (χ0v) is 18.9. The second kappa shape index (κ2) is 6.74. The Morgan fingerprint density at radius 1 is 1.06 bits per heavy atom. The smallest absolute Gasteiger partial charge is 0.252 e. The molecule has 4 atom stereocenters. The molecule has 1 aromatic heterocycles. The lowest BCUT2D eigenvalue weighted by molar-refractivity contribution is -0.124. The number of amides is 3. The van der Waals surface area contributed by atoms with Gasteiger partial charge in [0.1, 0.15) is 5.00 Å². The third-order valence-electron chi connectivity index (χ3n) is 6.84. The summed E-state index contributed by atoms with van der Waals surface area (Å²) in [6.07, 6.45) is 1.21. The van der Waals surface area contributed by atoms with E-state index in [4.69, 9.17) is 10.5 Å². The number of fused-ring (bicyclic) bond motifs is 5. The molecule has 3 amide bonds. The number of nitrogens with two attached hydrogens (primary N) is 1. The fourth-order valence-corrected chi connectivity index (χ4v) is 6.50. The van der Waals surface area contributed by atoms with Crippen LogP contribution in [-0.2, 0) is 19.7 Å². The molecular formula is C24H26N2O4S. The minimum atomic E-state index is -0.633. The van der Waals surface area contributed by atoms with Crippen molar-refractivity contribution in [3.05, 3.63) is 40.3 Å². The second-order valence-electron chi connectivity index (χ2n) is 9.76. The van der Waals surface area contributed by atoms with Crippen LogP contribution in [0.25, 0.3) is 11.1 Å². The van der Waals surface area contributed by atoms with E-state index < -0.39 is 17.7 Å². The van der Waals surface area contributed by atoms with E-state index in [1.807, 2.05) is 31.2 Å². The Bertz CT molecular complexity index is 1080. The number of anilines is 1. The molecule has 2 N–H and O–H groups in total. The molecule has 3 fully saturated rings. The topological polar surface area (TPSA) is 89.7 Å². The number of thiophene rings is 1. The van der Waals surface area contributed by atoms with Crippen molar-refractivity contribution in [3.63, 3.8) is 0 Å². The Balaban J connectivity index is 1.60. The standard InChI is InChI=1S/C24H26N2O4S/c1-11-16(12-5-7-13(8-6-12)24(2,3)4)19(20(25)27)23(31-11)26-21(28)17-14-9-10-15(30-14)18(17)22(26)29/h5-8,14-15,17-18H,9-10H2,1-4H3,(H2,25,27)/t14-,15-,17-,18+/m0/s1. The monoisotopic (exact) mass is 438 g/mol. The molecule has 5 rings (SSSR count). The lowest BCUT2D eigenvalue weighted by atomic mass is 9.81. The zero-order chi connectivity index (χ0) is 22.2. The molecule has 0 saturated carbocycles. The van der Waals surface area contributed by atoms with Crippen molar-refractivity contribution in [1.82, 2.24) is 0 Å². The number of primary amides is 1. The van der Waals surface area contributed by atoms with Crippen molar-refractivity contribution in [2.75, 3.05) is 4.90 Å². The first-order valence-electron chi connectivity index (χ1n) is 10.7. The van der Waals surface area contributed by atoms with Gasteiger partial charge in [-0.05, 0) is 36.3 Å². The summed E-state index contributed by atoms with van der Waals surface area (Å²) >= 11 is 1.28. The fourth-order valence-electron chi connectivity index (χ4n) is 5.31. The van der Waals surface area contributed by atoms with E-state index in [1.165, 1.54) is 21.8 Å². The molecule has 0 aliphatic carbocycles. The van der Waals surface area contributed by atoms with E-state index in [0.717, 1.165) is 23.3 Å². The van der Waals surface area contributed by atoms with E-state index in [-0.39, 0.29) is 35.0 Å². The number of hydrogen-bond donors (Lipinski definition) is 1. The van der Waals surface area contributed by atoms with Crippen LogP contribution in [0.1, 0.15) is 54.4 Å². The minimum Gasteiger partial charge on any atom is -0.373 e. The van der Waals surface area contributed by atoms with E-state index >= 15 is 0 Å². The highest BCUT2D eigenvalue weighted by Gasteiger charge is 2.63. The summed E-state index contributed by atoms with van der Waals surface area (Å²) in [6, 6.07) is 8.04. The molecule has 3 aliphatic heterocycles. The van der Waals surface area contributed by atoms with Crippen molar-refractivity contribution in [2.45, 2.75) is 58.2 Å². The van der Waals surface area contributed by atoms with Gasteiger partial charge in [0.05, 0.1) is 29.6 Å². The van der Waals surface area contributed by atoms with Crippen LogP contribution in [0, 0.1) is 18.8 Å². The van der Waals surface area contributed by atoms with Crippen LogP contribution >= 0.6 is 11.3 Å². The summed E-state index contributed by atoms with van der Waals surface area (Å²) in [6.45, 7) is 8.32. The quantitative estimate of drug-likeness (QED) is 0.739. The molecule has 2 aromatic rings. The number of nitrogens with zero attached hydrogens (tertiary/aromatic N) is 1. The summed E-state index contributed by atoms with van der Waals surface area (Å²) < 4.78 is 5.82. The maximum atomic E-state index is 13.3. The predicted octanol–water partition coefficient (Wildman–Crippen LogP) is 3.79. The number of carbonyl (C=O) groups excluding carboxylic acids is 3. The zero-order valence-electron chi connectivity index (χ0n) is 18.1. The molecule has 31 heavy (non-hydrogen) atoms. The van der Waals surface area contributed by atoms with Gasteiger partial charge >= 0.3 is 0 Å². The predicted molar refractivity (Wildman–Crippen MR) is 119 cm³/mol. The SMILES string of the molecule is Cc1sc(N2C(=O)[C@@H]3[C@H](C2=O)[C@@H]2CC[C@@H]3O2)c(C(N)=O)c1-c1ccc(C(C)(C)C)cc1. The van der Waals surface area contributed by atoms with Gasteiger partial charge in [-0.25, -0.2) is 4.90 Å². The Labute approximate surface area is 185 Å². The highest BCUT2D eigenvalue weighted by molar-refractivity contribution is 7.17. The number of rotatable bonds is 3. The highest BCUT2D eigenvalue weighted by atomic mass is 32.1. The number of carbonyl (C=O) groups is 3. The highest BCUT2D eigenvalue weighted by Crippen LogP contribution is 2.52. The van der Waals surface area contributed by atoms with Crippen LogP contribution < -0.4 is 10.6 Å². The largest absolute Gasteiger partial charge is 0.373 e. The van der Waals surface area contributed by atoms with Gasteiger partial charge in [0.2, 0.25) is 11.8 Å². The molecule has 6 nitrogen and oxygen atoms in total. The lowest BCUT2D eigenvalue weighted by Crippen LogP contribution is -2.35. The van der Waals surface area contributed by atoms with Crippen LogP contribution in [0.2, 0.25) is 0 Å². The molecule has 0 unspecified atom stereocenters. The molecule has 3 aliphatic rings. The molecule has 3 saturated heterocycles. The van der Waals surface area contributed by atoms with Gasteiger partial charge in [0.15, 0.2) is 0 Å². The maximum Gasteiger partial charge on any atom is 0.252 e. The van der Waals surface area contributed by atoms with E-state index in [2.05, 4.69) is 20.8 Å². The molecule has 2 bridgehead atoms. The maximum absolute atomic E-state index is 13.3. The normalized spacial score (nSPS) is 27.3. The molecule has 162 valence electrons. The first-order valence-corrected chi connectivity index (χ1v) is 11.5. The number of ether oxygens (including phenoxy) is 1. The fraction of sp³-hybridized carbons (Fsp3) is 0.458. The van der Waals surface area contributed by atoms with Gasteiger partial charge in [-0.1, -0.05) is 45.0 Å². The Morgan fingerprint density at radius 3 is 2.10 bits per heavy atom. The third kappa shape index (κ3) is 2.90. The van der Waals surface area contributed by atoms with Crippen molar-refractivity contribution in [3.8, 4) is 11.1 Å². The lowest BCUT2D eigenvalue weighted by Gasteiger charge is -2.19. The van der Waals surface area contributed by atoms with Crippen molar-refractivity contribution >= 4 is 34.1 Å². The van der Waals surface area contributed by atoms with E-state index in [9.17, 15) is 14.4 Å². The number of benzene rings is 1. The van der Waals surface area contributed by atoms with Gasteiger partial charge in [-0.2, -0.15) is 0 Å². The average molecular weight is 439 g/mol. The molecule has 4 heterocycles. The summed E-state index contributed by atoms with van der Waals surface area (Å²) in [7, 11) is 0. The van der Waals surface area contributed by atoms with Gasteiger partial charge in [0.25, 0.3) is 5.91 Å². The molecule has 0 radical (unpaired) electrons. The summed E-state index contributed by atoms with van der Waals surface area (Å²) in [5.41, 5.74) is 8.79. The molecule has 0 spiro atoms. The minimum absolute atomic E-state index is 0.00744. The summed E-state index contributed by atoms with van der Waals surface area (Å²) in [5.74, 6) is -2.04. The number of imide groups is 1. The Morgan fingerprint density at radius 2 is 1.61 bits per heavy atom. The van der Waals surface area contributed by atoms with Crippen LogP contribution in [0.4, 0.5) is 5.00 Å². The Kier molecular flexibility index (Phi) is 4.44. The summed E-state index contributed by atoms with van der Waals surface area (Å²) in [4.78, 5) is 41.1. The Hall–Kier alpha value is -2.51. The molecule has 7 heteroatoms. The number of hydrogen-bond acceptors (Lipinski definition) is 5. The van der Waals surface area contributed by atoms with Gasteiger partial charge < -0.3 is 10.5 Å². The van der Waals surface area contributed by atoms with Crippen molar-refractivity contribution in [2.24, 2.45) is 17.6 Å². The van der Waals surface area contributed by atoms with Crippen molar-refractivity contribution in [1.29, 1.82) is 0 Å². The van der Waals surface area contributed by atoms with Crippen LogP contribution in [0.15, 0.2) is 24.3 Å². The molecule has 1 aromatic carbocycles. The van der Waals surface area contributed by atoms with Crippen LogP contribution in [0.3, 0.4) is 0 Å². The average Bonchev–Trinajstić information content (AvgIpc) is 3.43. The van der Waals surface area contributed by atoms with Crippen LogP contribution in [-0.4, -0.2) is 29.9 Å². The van der Waals surface area contributed by atoms with Gasteiger partial charge in [-0.3, -0.25) is 14.4 Å². The molecular weight excluding hydrogens is 412 g/mol. The first-order chi connectivity index (χ1) is 14.6. The van der Waals surface area contributed by atoms with E-state index in [0.29, 0.717) is 10.6 Å².